The number of para-hydroxylation sites is 1. The first kappa shape index (κ1) is 15.5. The zero-order valence-corrected chi connectivity index (χ0v) is 13.8. The molecule has 2 N–H and O–H groups in total. The lowest BCUT2D eigenvalue weighted by atomic mass is 9.81. The van der Waals surface area contributed by atoms with Gasteiger partial charge in [-0.15, -0.1) is 11.3 Å². The van der Waals surface area contributed by atoms with E-state index in [1.165, 1.54) is 0 Å². The van der Waals surface area contributed by atoms with Crippen molar-refractivity contribution in [3.63, 3.8) is 0 Å². The summed E-state index contributed by atoms with van der Waals surface area (Å²) in [5.74, 6) is 0. The summed E-state index contributed by atoms with van der Waals surface area (Å²) in [7, 11) is 0. The lowest BCUT2D eigenvalue weighted by Crippen LogP contribution is -2.40. The topological polar surface area (TPSA) is 48.4 Å². The highest BCUT2D eigenvalue weighted by molar-refractivity contribution is 7.13. The molecular weight excluding hydrogens is 294 g/mol. The van der Waals surface area contributed by atoms with Crippen molar-refractivity contribution in [1.29, 1.82) is 0 Å². The van der Waals surface area contributed by atoms with E-state index in [0.717, 1.165) is 49.0 Å². The highest BCUT2D eigenvalue weighted by Gasteiger charge is 2.29. The predicted molar refractivity (Wildman–Crippen MR) is 91.5 cm³/mol. The average molecular weight is 317 g/mol. The van der Waals surface area contributed by atoms with Crippen molar-refractivity contribution < 1.29 is 5.11 Å². The van der Waals surface area contributed by atoms with E-state index < -0.39 is 0 Å². The fraction of sp³-hybridized carbons (Fsp3) is 0.471. The van der Waals surface area contributed by atoms with Gasteiger partial charge in [-0.3, -0.25) is 4.90 Å². The van der Waals surface area contributed by atoms with Gasteiger partial charge in [0.1, 0.15) is 0 Å². The standard InChI is InChI=1S/C17H23N3OS/c1-17(13-21)7-9-20(10-8-17)11-15-12-22-16(19-15)18-14-5-3-2-4-6-14/h2-6,12,21H,7-11,13H2,1H3,(H,18,19). The summed E-state index contributed by atoms with van der Waals surface area (Å²) < 4.78 is 0. The molecule has 0 bridgehead atoms. The van der Waals surface area contributed by atoms with Gasteiger partial charge in [0.15, 0.2) is 5.13 Å². The van der Waals surface area contributed by atoms with Crippen LogP contribution in [0.4, 0.5) is 10.8 Å². The Morgan fingerprint density at radius 2 is 2.00 bits per heavy atom. The number of benzene rings is 1. The minimum absolute atomic E-state index is 0.110. The highest BCUT2D eigenvalue weighted by Crippen LogP contribution is 2.31. The van der Waals surface area contributed by atoms with E-state index >= 15 is 0 Å². The van der Waals surface area contributed by atoms with E-state index in [2.05, 4.69) is 27.5 Å². The van der Waals surface area contributed by atoms with Gasteiger partial charge in [0.2, 0.25) is 0 Å². The third kappa shape index (κ3) is 3.85. The SMILES string of the molecule is CC1(CO)CCN(Cc2csc(Nc3ccccc3)n2)CC1. The average Bonchev–Trinajstić information content (AvgIpc) is 2.98. The molecule has 1 aromatic heterocycles. The minimum atomic E-state index is 0.110. The molecule has 0 spiro atoms. The van der Waals surface area contributed by atoms with Crippen molar-refractivity contribution >= 4 is 22.2 Å². The molecule has 22 heavy (non-hydrogen) atoms. The van der Waals surface area contributed by atoms with Gasteiger partial charge in [0.25, 0.3) is 0 Å². The number of likely N-dealkylation sites (tertiary alicyclic amines) is 1. The van der Waals surface area contributed by atoms with E-state index in [1.807, 2.05) is 30.3 Å². The van der Waals surface area contributed by atoms with Gasteiger partial charge in [-0.2, -0.15) is 0 Å². The number of aliphatic hydroxyl groups excluding tert-OH is 1. The number of rotatable bonds is 5. The van der Waals surface area contributed by atoms with Gasteiger partial charge < -0.3 is 10.4 Å². The summed E-state index contributed by atoms with van der Waals surface area (Å²) in [5.41, 5.74) is 2.30. The molecule has 118 valence electrons. The van der Waals surface area contributed by atoms with Crippen LogP contribution in [0.1, 0.15) is 25.5 Å². The number of piperidine rings is 1. The second kappa shape index (κ2) is 6.77. The third-order valence-corrected chi connectivity index (χ3v) is 5.21. The highest BCUT2D eigenvalue weighted by atomic mass is 32.1. The quantitative estimate of drug-likeness (QED) is 0.886. The Bertz CT molecular complexity index is 591. The molecule has 0 atom stereocenters. The zero-order valence-electron chi connectivity index (χ0n) is 13.0. The largest absolute Gasteiger partial charge is 0.396 e. The molecule has 0 amide bonds. The number of aromatic nitrogens is 1. The molecule has 1 aliphatic heterocycles. The molecule has 2 aromatic rings. The fourth-order valence-electron chi connectivity index (χ4n) is 2.72. The Morgan fingerprint density at radius 1 is 1.27 bits per heavy atom. The van der Waals surface area contributed by atoms with Crippen LogP contribution in [0.3, 0.4) is 0 Å². The van der Waals surface area contributed by atoms with Gasteiger partial charge in [-0.1, -0.05) is 25.1 Å². The van der Waals surface area contributed by atoms with Crippen LogP contribution in [-0.2, 0) is 6.54 Å². The normalized spacial score (nSPS) is 18.3. The smallest absolute Gasteiger partial charge is 0.187 e. The Kier molecular flexibility index (Phi) is 4.76. The number of nitrogens with one attached hydrogen (secondary N) is 1. The van der Waals surface area contributed by atoms with E-state index in [0.29, 0.717) is 6.61 Å². The fourth-order valence-corrected chi connectivity index (χ4v) is 3.44. The van der Waals surface area contributed by atoms with Crippen molar-refractivity contribution in [3.8, 4) is 0 Å². The van der Waals surface area contributed by atoms with Crippen molar-refractivity contribution in [2.45, 2.75) is 26.3 Å². The Balaban J connectivity index is 1.54. The molecule has 1 fully saturated rings. The van der Waals surface area contributed by atoms with Crippen molar-refractivity contribution in [1.82, 2.24) is 9.88 Å². The second-order valence-corrected chi connectivity index (χ2v) is 7.24. The summed E-state index contributed by atoms with van der Waals surface area (Å²) in [6.07, 6.45) is 2.12. The Labute approximate surface area is 135 Å². The molecule has 2 heterocycles. The van der Waals surface area contributed by atoms with Crippen molar-refractivity contribution in [3.05, 3.63) is 41.4 Å². The molecule has 0 aliphatic carbocycles. The van der Waals surface area contributed by atoms with Gasteiger partial charge >= 0.3 is 0 Å². The molecule has 0 unspecified atom stereocenters. The molecule has 0 radical (unpaired) electrons. The van der Waals surface area contributed by atoms with Gasteiger partial charge in [-0.25, -0.2) is 4.98 Å². The molecular formula is C17H23N3OS. The van der Waals surface area contributed by atoms with Crippen LogP contribution in [0.2, 0.25) is 0 Å². The van der Waals surface area contributed by atoms with Crippen LogP contribution >= 0.6 is 11.3 Å². The third-order valence-electron chi connectivity index (χ3n) is 4.41. The van der Waals surface area contributed by atoms with Crippen molar-refractivity contribution in [2.24, 2.45) is 5.41 Å². The number of aliphatic hydroxyl groups is 1. The Morgan fingerprint density at radius 3 is 2.68 bits per heavy atom. The summed E-state index contributed by atoms with van der Waals surface area (Å²) in [4.78, 5) is 7.10. The lowest BCUT2D eigenvalue weighted by Gasteiger charge is -2.37. The molecule has 1 aromatic carbocycles. The van der Waals surface area contributed by atoms with Gasteiger partial charge in [0, 0.05) is 24.2 Å². The first-order chi connectivity index (χ1) is 10.7. The molecule has 3 rings (SSSR count). The summed E-state index contributed by atoms with van der Waals surface area (Å²) >= 11 is 1.65. The monoisotopic (exact) mass is 317 g/mol. The molecule has 1 saturated heterocycles. The van der Waals surface area contributed by atoms with E-state index in [1.54, 1.807) is 11.3 Å². The van der Waals surface area contributed by atoms with E-state index in [9.17, 15) is 5.11 Å². The summed E-state index contributed by atoms with van der Waals surface area (Å²) in [5, 5.41) is 15.8. The van der Waals surface area contributed by atoms with Crippen LogP contribution in [-0.4, -0.2) is 34.7 Å². The number of thiazole rings is 1. The van der Waals surface area contributed by atoms with Gasteiger partial charge in [0.05, 0.1) is 5.69 Å². The van der Waals surface area contributed by atoms with Crippen LogP contribution in [0.15, 0.2) is 35.7 Å². The van der Waals surface area contributed by atoms with Crippen LogP contribution in [0, 0.1) is 5.41 Å². The maximum absolute atomic E-state index is 9.43. The first-order valence-electron chi connectivity index (χ1n) is 7.77. The van der Waals surface area contributed by atoms with E-state index in [-0.39, 0.29) is 5.41 Å². The number of hydrogen-bond donors (Lipinski definition) is 2. The number of nitrogens with zero attached hydrogens (tertiary/aromatic N) is 2. The summed E-state index contributed by atoms with van der Waals surface area (Å²) in [6.45, 7) is 5.44. The predicted octanol–water partition coefficient (Wildman–Crippen LogP) is 3.48. The molecule has 4 nitrogen and oxygen atoms in total. The first-order valence-corrected chi connectivity index (χ1v) is 8.65. The second-order valence-electron chi connectivity index (χ2n) is 6.38. The lowest BCUT2D eigenvalue weighted by molar-refractivity contribution is 0.0553. The number of anilines is 2. The van der Waals surface area contributed by atoms with Crippen LogP contribution in [0.25, 0.3) is 0 Å². The van der Waals surface area contributed by atoms with Crippen LogP contribution in [0.5, 0.6) is 0 Å². The van der Waals surface area contributed by atoms with E-state index in [4.69, 9.17) is 0 Å². The minimum Gasteiger partial charge on any atom is -0.396 e. The summed E-state index contributed by atoms with van der Waals surface area (Å²) in [6, 6.07) is 10.1. The molecule has 1 aliphatic rings. The Hall–Kier alpha value is -1.43. The van der Waals surface area contributed by atoms with Gasteiger partial charge in [-0.05, 0) is 43.5 Å². The maximum atomic E-state index is 9.43. The van der Waals surface area contributed by atoms with Crippen molar-refractivity contribution in [2.75, 3.05) is 25.0 Å². The zero-order chi connectivity index (χ0) is 15.4. The molecule has 5 heteroatoms. The number of hydrogen-bond acceptors (Lipinski definition) is 5. The van der Waals surface area contributed by atoms with Crippen LogP contribution < -0.4 is 5.32 Å². The molecule has 0 saturated carbocycles. The maximum Gasteiger partial charge on any atom is 0.187 e.